The number of unbranched alkanes of at least 4 members (excludes halogenated alkanes) is 1. The Morgan fingerprint density at radius 1 is 1.00 bits per heavy atom. The van der Waals surface area contributed by atoms with Crippen molar-refractivity contribution in [2.24, 2.45) is 0 Å². The Balaban J connectivity index is 1.80. The third kappa shape index (κ3) is 7.60. The molecule has 7 nitrogen and oxygen atoms in total. The number of imide groups is 1. The first-order valence-electron chi connectivity index (χ1n) is 9.84. The number of nitro groups is 1. The molecular weight excluding hydrogens is 382 g/mol. The molecule has 2 aromatic rings. The van der Waals surface area contributed by atoms with Crippen LogP contribution in [0.5, 0.6) is 0 Å². The van der Waals surface area contributed by atoms with Gasteiger partial charge in [0.05, 0.1) is 4.92 Å². The van der Waals surface area contributed by atoms with Gasteiger partial charge in [0.15, 0.2) is 0 Å². The Morgan fingerprint density at radius 2 is 1.63 bits per heavy atom. The molecular formula is C23H27N3O4. The summed E-state index contributed by atoms with van der Waals surface area (Å²) >= 11 is 0. The average molecular weight is 409 g/mol. The molecule has 0 atom stereocenters. The molecule has 7 heteroatoms. The summed E-state index contributed by atoms with van der Waals surface area (Å²) in [7, 11) is 2.05. The molecule has 158 valence electrons. The van der Waals surface area contributed by atoms with E-state index in [1.54, 1.807) is 18.2 Å². The van der Waals surface area contributed by atoms with E-state index in [0.717, 1.165) is 25.9 Å². The van der Waals surface area contributed by atoms with E-state index in [-0.39, 0.29) is 11.6 Å². The zero-order valence-electron chi connectivity index (χ0n) is 17.4. The van der Waals surface area contributed by atoms with Crippen LogP contribution in [0.3, 0.4) is 0 Å². The number of rotatable bonds is 10. The first kappa shape index (κ1) is 23.0. The summed E-state index contributed by atoms with van der Waals surface area (Å²) in [6.07, 6.45) is 4.46. The first-order chi connectivity index (χ1) is 14.4. The predicted octanol–water partition coefficient (Wildman–Crippen LogP) is 3.90. The van der Waals surface area contributed by atoms with Crippen molar-refractivity contribution in [3.05, 3.63) is 81.9 Å². The normalized spacial score (nSPS) is 11.0. The second-order valence-corrected chi connectivity index (χ2v) is 7.12. The Morgan fingerprint density at radius 3 is 2.23 bits per heavy atom. The summed E-state index contributed by atoms with van der Waals surface area (Å²) in [6, 6.07) is 16.1. The number of benzene rings is 2. The second-order valence-electron chi connectivity index (χ2n) is 7.12. The molecule has 0 fully saturated rings. The number of carbonyl (C=O) groups is 2. The van der Waals surface area contributed by atoms with Gasteiger partial charge in [-0.25, -0.2) is 0 Å². The fourth-order valence-corrected chi connectivity index (χ4v) is 3.01. The van der Waals surface area contributed by atoms with Crippen LogP contribution < -0.4 is 0 Å². The van der Waals surface area contributed by atoms with E-state index in [4.69, 9.17) is 0 Å². The summed E-state index contributed by atoms with van der Waals surface area (Å²) in [5.41, 5.74) is 1.89. The predicted molar refractivity (Wildman–Crippen MR) is 117 cm³/mol. The van der Waals surface area contributed by atoms with Gasteiger partial charge >= 0.3 is 0 Å². The van der Waals surface area contributed by atoms with Gasteiger partial charge in [0.2, 0.25) is 5.91 Å². The van der Waals surface area contributed by atoms with Crippen LogP contribution >= 0.6 is 0 Å². The highest BCUT2D eigenvalue weighted by Crippen LogP contribution is 2.13. The molecule has 0 heterocycles. The fraction of sp³-hybridized carbons (Fsp3) is 0.304. The van der Waals surface area contributed by atoms with Crippen molar-refractivity contribution in [2.75, 3.05) is 20.1 Å². The molecule has 2 rings (SSSR count). The van der Waals surface area contributed by atoms with E-state index < -0.39 is 10.8 Å². The lowest BCUT2D eigenvalue weighted by Gasteiger charge is -2.19. The molecule has 0 spiro atoms. The summed E-state index contributed by atoms with van der Waals surface area (Å²) in [6.45, 7) is 3.46. The SMILES string of the molecule is CC(=O)N(CCCCN(C)Cc1ccccc1)C(=O)/C=C/c1ccc([N+](=O)[O-])cc1. The molecule has 2 amide bonds. The number of hydrogen-bond acceptors (Lipinski definition) is 5. The first-order valence-corrected chi connectivity index (χ1v) is 9.84. The van der Waals surface area contributed by atoms with E-state index in [9.17, 15) is 19.7 Å². The molecule has 30 heavy (non-hydrogen) atoms. The Labute approximate surface area is 176 Å². The van der Waals surface area contributed by atoms with E-state index in [1.165, 1.54) is 35.6 Å². The average Bonchev–Trinajstić information content (AvgIpc) is 2.72. The minimum absolute atomic E-state index is 0.0129. The van der Waals surface area contributed by atoms with E-state index >= 15 is 0 Å². The number of carbonyl (C=O) groups excluding carboxylic acids is 2. The van der Waals surface area contributed by atoms with E-state index in [2.05, 4.69) is 17.0 Å². The maximum atomic E-state index is 12.4. The van der Waals surface area contributed by atoms with Crippen molar-refractivity contribution in [3.63, 3.8) is 0 Å². The minimum Gasteiger partial charge on any atom is -0.302 e. The van der Waals surface area contributed by atoms with Crippen molar-refractivity contribution in [2.45, 2.75) is 26.3 Å². The lowest BCUT2D eigenvalue weighted by molar-refractivity contribution is -0.384. The lowest BCUT2D eigenvalue weighted by atomic mass is 10.2. The van der Waals surface area contributed by atoms with Crippen LogP contribution in [0.25, 0.3) is 6.08 Å². The number of amides is 2. The molecule has 0 aliphatic heterocycles. The lowest BCUT2D eigenvalue weighted by Crippen LogP contribution is -2.35. The third-order valence-corrected chi connectivity index (χ3v) is 4.64. The van der Waals surface area contributed by atoms with Crippen LogP contribution in [0.2, 0.25) is 0 Å². The molecule has 0 unspecified atom stereocenters. The Kier molecular flexibility index (Phi) is 8.90. The molecule has 0 aliphatic carbocycles. The zero-order valence-corrected chi connectivity index (χ0v) is 17.4. The van der Waals surface area contributed by atoms with Crippen LogP contribution in [-0.4, -0.2) is 46.7 Å². The van der Waals surface area contributed by atoms with Crippen LogP contribution in [0, 0.1) is 10.1 Å². The minimum atomic E-state index is -0.479. The van der Waals surface area contributed by atoms with Gasteiger partial charge in [-0.3, -0.25) is 24.6 Å². The van der Waals surface area contributed by atoms with Gasteiger partial charge in [0.1, 0.15) is 0 Å². The summed E-state index contributed by atoms with van der Waals surface area (Å²) < 4.78 is 0. The molecule has 2 aromatic carbocycles. The van der Waals surface area contributed by atoms with Crippen LogP contribution in [-0.2, 0) is 16.1 Å². The van der Waals surface area contributed by atoms with Crippen LogP contribution in [0.4, 0.5) is 5.69 Å². The largest absolute Gasteiger partial charge is 0.302 e. The van der Waals surface area contributed by atoms with Gasteiger partial charge in [-0.15, -0.1) is 0 Å². The van der Waals surface area contributed by atoms with Crippen LogP contribution in [0.15, 0.2) is 60.7 Å². The molecule has 0 bridgehead atoms. The molecule has 0 aromatic heterocycles. The van der Waals surface area contributed by atoms with Crippen LogP contribution in [0.1, 0.15) is 30.9 Å². The summed E-state index contributed by atoms with van der Waals surface area (Å²) in [4.78, 5) is 37.9. The summed E-state index contributed by atoms with van der Waals surface area (Å²) in [5, 5.41) is 10.7. The van der Waals surface area contributed by atoms with Gasteiger partial charge in [-0.2, -0.15) is 0 Å². The van der Waals surface area contributed by atoms with Gasteiger partial charge in [0.25, 0.3) is 11.6 Å². The number of nitro benzene ring substituents is 1. The van der Waals surface area contributed by atoms with E-state index in [1.807, 2.05) is 25.2 Å². The van der Waals surface area contributed by atoms with Gasteiger partial charge in [-0.05, 0) is 55.8 Å². The smallest absolute Gasteiger partial charge is 0.269 e. The fourth-order valence-electron chi connectivity index (χ4n) is 3.01. The Bertz CT molecular complexity index is 879. The Hall–Kier alpha value is -3.32. The van der Waals surface area contributed by atoms with Crippen molar-refractivity contribution in [1.29, 1.82) is 0 Å². The monoisotopic (exact) mass is 409 g/mol. The molecule has 0 saturated heterocycles. The van der Waals surface area contributed by atoms with Gasteiger partial charge < -0.3 is 4.90 Å². The topological polar surface area (TPSA) is 83.8 Å². The number of hydrogen-bond donors (Lipinski definition) is 0. The second kappa shape index (κ2) is 11.6. The van der Waals surface area contributed by atoms with Crippen molar-refractivity contribution < 1.29 is 14.5 Å². The van der Waals surface area contributed by atoms with Gasteiger partial charge in [0, 0.05) is 38.2 Å². The summed E-state index contributed by atoms with van der Waals surface area (Å²) in [5.74, 6) is -0.690. The quantitative estimate of drug-likeness (QED) is 0.257. The maximum absolute atomic E-state index is 12.4. The van der Waals surface area contributed by atoms with Crippen molar-refractivity contribution in [3.8, 4) is 0 Å². The molecule has 0 saturated carbocycles. The van der Waals surface area contributed by atoms with E-state index in [0.29, 0.717) is 12.1 Å². The zero-order chi connectivity index (χ0) is 21.9. The molecule has 0 aliphatic rings. The molecule has 0 radical (unpaired) electrons. The highest BCUT2D eigenvalue weighted by molar-refractivity contribution is 6.02. The number of non-ortho nitro benzene ring substituents is 1. The maximum Gasteiger partial charge on any atom is 0.269 e. The van der Waals surface area contributed by atoms with Crippen molar-refractivity contribution >= 4 is 23.6 Å². The van der Waals surface area contributed by atoms with Gasteiger partial charge in [-0.1, -0.05) is 30.3 Å². The number of nitrogens with zero attached hydrogens (tertiary/aromatic N) is 3. The molecule has 0 N–H and O–H groups in total. The third-order valence-electron chi connectivity index (χ3n) is 4.64. The highest BCUT2D eigenvalue weighted by Gasteiger charge is 2.15. The standard InChI is InChI=1S/C23H27N3O4/c1-19(27)25(17-7-6-16-24(2)18-21-8-4-3-5-9-21)23(28)15-12-20-10-13-22(14-11-20)26(29)30/h3-5,8-15H,6-7,16-18H2,1-2H3/b15-12+. The van der Waals surface area contributed by atoms with Crippen molar-refractivity contribution in [1.82, 2.24) is 9.80 Å². The highest BCUT2D eigenvalue weighted by atomic mass is 16.6.